The maximum Gasteiger partial charge on any atom is 0.254 e. The molecular formula is C15H19ClN2O3. The number of piperidine rings is 1. The van der Waals surface area contributed by atoms with E-state index >= 15 is 0 Å². The highest BCUT2D eigenvalue weighted by molar-refractivity contribution is 6.32. The molecule has 1 unspecified atom stereocenters. The SMILES string of the molecule is CC1(C)CN(C(=O)c2cc(Cl)c3c(c2)OCO3)CCC1N. The molecule has 2 aliphatic heterocycles. The van der Waals surface area contributed by atoms with Gasteiger partial charge in [0.05, 0.1) is 5.02 Å². The van der Waals surface area contributed by atoms with Gasteiger partial charge in [-0.3, -0.25) is 4.79 Å². The molecule has 1 fully saturated rings. The van der Waals surface area contributed by atoms with Gasteiger partial charge in [-0.15, -0.1) is 0 Å². The number of nitrogens with two attached hydrogens (primary N) is 1. The van der Waals surface area contributed by atoms with Crippen molar-refractivity contribution in [1.29, 1.82) is 0 Å². The van der Waals surface area contributed by atoms with Crippen molar-refractivity contribution in [3.05, 3.63) is 22.7 Å². The third-order valence-corrected chi connectivity index (χ3v) is 4.55. The van der Waals surface area contributed by atoms with Crippen LogP contribution in [0.2, 0.25) is 5.02 Å². The lowest BCUT2D eigenvalue weighted by Crippen LogP contribution is -2.54. The maximum absolute atomic E-state index is 12.7. The predicted molar refractivity (Wildman–Crippen MR) is 79.9 cm³/mol. The quantitative estimate of drug-likeness (QED) is 0.864. The number of benzene rings is 1. The van der Waals surface area contributed by atoms with E-state index in [9.17, 15) is 4.79 Å². The summed E-state index contributed by atoms with van der Waals surface area (Å²) in [5.41, 5.74) is 6.55. The molecule has 1 saturated heterocycles. The Bertz CT molecular complexity index is 589. The van der Waals surface area contributed by atoms with E-state index in [1.54, 1.807) is 12.1 Å². The average molecular weight is 311 g/mol. The summed E-state index contributed by atoms with van der Waals surface area (Å²) < 4.78 is 10.6. The van der Waals surface area contributed by atoms with Crippen LogP contribution in [0.5, 0.6) is 11.5 Å². The van der Waals surface area contributed by atoms with E-state index in [1.165, 1.54) is 0 Å². The molecule has 3 rings (SSSR count). The molecule has 0 spiro atoms. The lowest BCUT2D eigenvalue weighted by molar-refractivity contribution is 0.0532. The molecule has 2 aliphatic rings. The molecule has 114 valence electrons. The van der Waals surface area contributed by atoms with Crippen LogP contribution in [0.25, 0.3) is 0 Å². The molecule has 1 aromatic rings. The van der Waals surface area contributed by atoms with Gasteiger partial charge in [0.15, 0.2) is 11.5 Å². The lowest BCUT2D eigenvalue weighted by Gasteiger charge is -2.42. The van der Waals surface area contributed by atoms with Crippen LogP contribution in [0, 0.1) is 5.41 Å². The first-order valence-electron chi connectivity index (χ1n) is 7.02. The van der Waals surface area contributed by atoms with E-state index in [1.807, 2.05) is 4.90 Å². The number of nitrogens with zero attached hydrogens (tertiary/aromatic N) is 1. The Hall–Kier alpha value is -1.46. The molecule has 0 saturated carbocycles. The third kappa shape index (κ3) is 2.56. The first kappa shape index (κ1) is 14.5. The zero-order valence-corrected chi connectivity index (χ0v) is 12.9. The van der Waals surface area contributed by atoms with E-state index in [0.29, 0.717) is 35.2 Å². The smallest absolute Gasteiger partial charge is 0.254 e. The van der Waals surface area contributed by atoms with E-state index in [-0.39, 0.29) is 24.2 Å². The van der Waals surface area contributed by atoms with Gasteiger partial charge in [-0.1, -0.05) is 25.4 Å². The minimum Gasteiger partial charge on any atom is -0.454 e. The number of amides is 1. The Morgan fingerprint density at radius 1 is 1.43 bits per heavy atom. The molecule has 0 bridgehead atoms. The highest BCUT2D eigenvalue weighted by atomic mass is 35.5. The Morgan fingerprint density at radius 2 is 2.19 bits per heavy atom. The van der Waals surface area contributed by atoms with Gasteiger partial charge >= 0.3 is 0 Å². The van der Waals surface area contributed by atoms with Crippen LogP contribution in [0.3, 0.4) is 0 Å². The zero-order chi connectivity index (χ0) is 15.2. The van der Waals surface area contributed by atoms with Crippen LogP contribution < -0.4 is 15.2 Å². The number of fused-ring (bicyclic) bond motifs is 1. The minimum absolute atomic E-state index is 0.0461. The normalized spacial score (nSPS) is 23.2. The molecule has 21 heavy (non-hydrogen) atoms. The van der Waals surface area contributed by atoms with Gasteiger partial charge in [-0.25, -0.2) is 0 Å². The zero-order valence-electron chi connectivity index (χ0n) is 12.2. The van der Waals surface area contributed by atoms with Crippen molar-refractivity contribution in [2.45, 2.75) is 26.3 Å². The Balaban J connectivity index is 1.85. The summed E-state index contributed by atoms with van der Waals surface area (Å²) in [6, 6.07) is 3.44. The first-order chi connectivity index (χ1) is 9.88. The van der Waals surface area contributed by atoms with Gasteiger partial charge in [0.1, 0.15) is 0 Å². The topological polar surface area (TPSA) is 64.8 Å². The number of hydrogen-bond donors (Lipinski definition) is 1. The fourth-order valence-corrected chi connectivity index (χ4v) is 3.09. The van der Waals surface area contributed by atoms with Crippen LogP contribution in [0.1, 0.15) is 30.6 Å². The predicted octanol–water partition coefficient (Wildman–Crippen LogP) is 2.27. The molecule has 5 nitrogen and oxygen atoms in total. The molecule has 6 heteroatoms. The molecule has 0 aliphatic carbocycles. The number of carbonyl (C=O) groups is 1. The summed E-state index contributed by atoms with van der Waals surface area (Å²) in [5, 5.41) is 0.404. The van der Waals surface area contributed by atoms with Gasteiger partial charge in [0.25, 0.3) is 5.91 Å². The van der Waals surface area contributed by atoms with Crippen LogP contribution in [-0.2, 0) is 0 Å². The van der Waals surface area contributed by atoms with Crippen molar-refractivity contribution in [2.24, 2.45) is 11.1 Å². The minimum atomic E-state index is -0.0892. The van der Waals surface area contributed by atoms with Crippen LogP contribution in [-0.4, -0.2) is 36.7 Å². The number of likely N-dealkylation sites (tertiary alicyclic amines) is 1. The van der Waals surface area contributed by atoms with Crippen molar-refractivity contribution >= 4 is 17.5 Å². The Morgan fingerprint density at radius 3 is 2.90 bits per heavy atom. The maximum atomic E-state index is 12.7. The van der Waals surface area contributed by atoms with E-state index < -0.39 is 0 Å². The lowest BCUT2D eigenvalue weighted by atomic mass is 9.79. The monoisotopic (exact) mass is 310 g/mol. The Kier molecular flexibility index (Phi) is 3.50. The van der Waals surface area contributed by atoms with E-state index in [2.05, 4.69) is 13.8 Å². The van der Waals surface area contributed by atoms with Gasteiger partial charge in [-0.2, -0.15) is 0 Å². The van der Waals surface area contributed by atoms with E-state index in [4.69, 9.17) is 26.8 Å². The van der Waals surface area contributed by atoms with Crippen LogP contribution >= 0.6 is 11.6 Å². The van der Waals surface area contributed by atoms with E-state index in [0.717, 1.165) is 6.42 Å². The Labute approximate surface area is 128 Å². The van der Waals surface area contributed by atoms with Crippen molar-refractivity contribution in [3.63, 3.8) is 0 Å². The third-order valence-electron chi connectivity index (χ3n) is 4.27. The van der Waals surface area contributed by atoms with Gasteiger partial charge in [0.2, 0.25) is 6.79 Å². The number of carbonyl (C=O) groups excluding carboxylic acids is 1. The average Bonchev–Trinajstić information content (AvgIpc) is 2.90. The number of halogens is 1. The second-order valence-corrected chi connectivity index (χ2v) is 6.71. The second kappa shape index (κ2) is 5.07. The highest BCUT2D eigenvalue weighted by Crippen LogP contribution is 2.40. The summed E-state index contributed by atoms with van der Waals surface area (Å²) in [7, 11) is 0. The molecule has 2 N–H and O–H groups in total. The number of ether oxygens (including phenoxy) is 2. The molecule has 1 amide bonds. The number of hydrogen-bond acceptors (Lipinski definition) is 4. The number of rotatable bonds is 1. The van der Waals surface area contributed by atoms with Crippen LogP contribution in [0.15, 0.2) is 12.1 Å². The largest absolute Gasteiger partial charge is 0.454 e. The molecule has 0 aromatic heterocycles. The molecule has 1 aromatic carbocycles. The summed E-state index contributed by atoms with van der Waals surface area (Å²) >= 11 is 6.14. The van der Waals surface area contributed by atoms with Gasteiger partial charge in [0, 0.05) is 24.7 Å². The summed E-state index contributed by atoms with van der Waals surface area (Å²) in [6.45, 7) is 5.61. The summed E-state index contributed by atoms with van der Waals surface area (Å²) in [5.74, 6) is 0.989. The summed E-state index contributed by atoms with van der Waals surface area (Å²) in [6.07, 6.45) is 0.803. The van der Waals surface area contributed by atoms with Crippen molar-refractivity contribution in [2.75, 3.05) is 19.9 Å². The van der Waals surface area contributed by atoms with Crippen molar-refractivity contribution in [1.82, 2.24) is 4.90 Å². The molecular weight excluding hydrogens is 292 g/mol. The second-order valence-electron chi connectivity index (χ2n) is 6.30. The molecule has 1 atom stereocenters. The molecule has 0 radical (unpaired) electrons. The van der Waals surface area contributed by atoms with Gasteiger partial charge in [-0.05, 0) is 24.0 Å². The standard InChI is InChI=1S/C15H19ClN2O3/c1-15(2)7-18(4-3-12(15)17)14(19)9-5-10(16)13-11(6-9)20-8-21-13/h5-6,12H,3-4,7-8,17H2,1-2H3. The van der Waals surface area contributed by atoms with Crippen molar-refractivity contribution < 1.29 is 14.3 Å². The highest BCUT2D eigenvalue weighted by Gasteiger charge is 2.36. The molecule has 2 heterocycles. The fourth-order valence-electron chi connectivity index (χ4n) is 2.82. The fraction of sp³-hybridized carbons (Fsp3) is 0.533. The van der Waals surface area contributed by atoms with Crippen LogP contribution in [0.4, 0.5) is 0 Å². The first-order valence-corrected chi connectivity index (χ1v) is 7.40. The van der Waals surface area contributed by atoms with Gasteiger partial charge < -0.3 is 20.1 Å². The van der Waals surface area contributed by atoms with Crippen molar-refractivity contribution in [3.8, 4) is 11.5 Å². The summed E-state index contributed by atoms with van der Waals surface area (Å²) in [4.78, 5) is 14.5.